The second kappa shape index (κ2) is 7.43. The Kier molecular flexibility index (Phi) is 5.02. The zero-order valence-electron chi connectivity index (χ0n) is 14.7. The fraction of sp³-hybridized carbons (Fsp3) is 0.579. The summed E-state index contributed by atoms with van der Waals surface area (Å²) in [6, 6.07) is 6.02. The molecule has 1 amide bonds. The van der Waals surface area contributed by atoms with Gasteiger partial charge in [-0.05, 0) is 43.7 Å². The lowest BCUT2D eigenvalue weighted by molar-refractivity contribution is -0.133. The Balaban J connectivity index is 1.39. The van der Waals surface area contributed by atoms with E-state index < -0.39 is 6.17 Å². The zero-order chi connectivity index (χ0) is 18.1. The fourth-order valence-corrected chi connectivity index (χ4v) is 4.06. The van der Waals surface area contributed by atoms with Gasteiger partial charge in [0.2, 0.25) is 5.91 Å². The topological polar surface area (TPSA) is 49.6 Å². The van der Waals surface area contributed by atoms with E-state index in [1.54, 1.807) is 12.1 Å². The van der Waals surface area contributed by atoms with Gasteiger partial charge in [0, 0.05) is 43.7 Å². The van der Waals surface area contributed by atoms with Crippen molar-refractivity contribution in [3.05, 3.63) is 23.2 Å². The predicted octanol–water partition coefficient (Wildman–Crippen LogP) is 4.05. The third-order valence-corrected chi connectivity index (χ3v) is 5.60. The summed E-state index contributed by atoms with van der Waals surface area (Å²) in [6.07, 6.45) is 2.72. The van der Waals surface area contributed by atoms with E-state index >= 15 is 0 Å². The largest absolute Gasteiger partial charge is 0.423 e. The third kappa shape index (κ3) is 3.80. The predicted molar refractivity (Wildman–Crippen MR) is 99.3 cm³/mol. The number of rotatable bonds is 3. The van der Waals surface area contributed by atoms with Crippen LogP contribution in [0.5, 0.6) is 0 Å². The summed E-state index contributed by atoms with van der Waals surface area (Å²) in [5, 5.41) is 0.624. The molecule has 0 saturated carbocycles. The molecule has 1 aromatic carbocycles. The molecular weight excluding hydrogens is 357 g/mol. The van der Waals surface area contributed by atoms with Gasteiger partial charge in [-0.15, -0.1) is 0 Å². The molecule has 1 aromatic heterocycles. The van der Waals surface area contributed by atoms with Gasteiger partial charge in [0.1, 0.15) is 11.7 Å². The number of fused-ring (bicyclic) bond motifs is 1. The van der Waals surface area contributed by atoms with Gasteiger partial charge in [0.15, 0.2) is 5.58 Å². The second-order valence-corrected chi connectivity index (χ2v) is 7.76. The molecule has 1 unspecified atom stereocenters. The maximum Gasteiger partial charge on any atom is 0.298 e. The maximum absolute atomic E-state index is 13.3. The first-order valence-corrected chi connectivity index (χ1v) is 9.69. The minimum atomic E-state index is -0.753. The number of carbonyl (C=O) groups excluding carboxylic acids is 1. The number of aromatic nitrogens is 1. The van der Waals surface area contributed by atoms with Gasteiger partial charge in [0.25, 0.3) is 6.01 Å². The van der Waals surface area contributed by atoms with E-state index in [1.165, 1.54) is 0 Å². The van der Waals surface area contributed by atoms with Crippen LogP contribution in [-0.2, 0) is 4.79 Å². The summed E-state index contributed by atoms with van der Waals surface area (Å²) < 4.78 is 19.1. The lowest BCUT2D eigenvalue weighted by Gasteiger charge is -2.34. The summed E-state index contributed by atoms with van der Waals surface area (Å²) in [5.41, 5.74) is 1.47. The maximum atomic E-state index is 13.3. The van der Waals surface area contributed by atoms with E-state index in [0.29, 0.717) is 49.0 Å². The van der Waals surface area contributed by atoms with Crippen molar-refractivity contribution in [1.29, 1.82) is 0 Å². The van der Waals surface area contributed by atoms with Crippen LogP contribution in [0.2, 0.25) is 5.02 Å². The van der Waals surface area contributed by atoms with Crippen LogP contribution < -0.4 is 4.90 Å². The highest BCUT2D eigenvalue weighted by Crippen LogP contribution is 2.29. The number of halogens is 2. The molecule has 1 atom stereocenters. The smallest absolute Gasteiger partial charge is 0.298 e. The molecule has 5 nitrogen and oxygen atoms in total. The number of oxazole rings is 1. The number of alkyl halides is 1. The van der Waals surface area contributed by atoms with Crippen molar-refractivity contribution in [2.75, 3.05) is 31.1 Å². The normalized spacial score (nSPS) is 22.2. The number of benzene rings is 1. The molecule has 0 bridgehead atoms. The van der Waals surface area contributed by atoms with Gasteiger partial charge in [0.05, 0.1) is 0 Å². The Labute approximate surface area is 157 Å². The van der Waals surface area contributed by atoms with Crippen molar-refractivity contribution < 1.29 is 13.6 Å². The van der Waals surface area contributed by atoms with Gasteiger partial charge in [-0.3, -0.25) is 4.79 Å². The number of carbonyl (C=O) groups is 1. The second-order valence-electron chi connectivity index (χ2n) is 7.32. The Bertz CT molecular complexity index is 788. The first kappa shape index (κ1) is 17.6. The standard InChI is InChI=1S/C19H23ClFN3O2/c20-14-3-4-16-17(11-14)26-19(22-16)24-7-1-2-13(12-24)10-18(25)23-8-5-15(21)6-9-23/h3-4,11,13,15H,1-2,5-10,12H2. The molecule has 2 fully saturated rings. The Morgan fingerprint density at radius 2 is 2.08 bits per heavy atom. The minimum absolute atomic E-state index is 0.146. The molecule has 0 spiro atoms. The van der Waals surface area contributed by atoms with Crippen LogP contribution in [0.4, 0.5) is 10.4 Å². The summed E-state index contributed by atoms with van der Waals surface area (Å²) in [6.45, 7) is 2.72. The van der Waals surface area contributed by atoms with Crippen molar-refractivity contribution >= 4 is 34.6 Å². The molecule has 26 heavy (non-hydrogen) atoms. The number of amides is 1. The highest BCUT2D eigenvalue weighted by Gasteiger charge is 2.28. The molecule has 0 radical (unpaired) electrons. The molecular formula is C19H23ClFN3O2. The van der Waals surface area contributed by atoms with Crippen molar-refractivity contribution in [3.63, 3.8) is 0 Å². The lowest BCUT2D eigenvalue weighted by Crippen LogP contribution is -2.42. The first-order chi connectivity index (χ1) is 12.6. The Morgan fingerprint density at radius 1 is 1.27 bits per heavy atom. The molecule has 2 saturated heterocycles. The molecule has 4 rings (SSSR count). The van der Waals surface area contributed by atoms with Crippen LogP contribution in [0, 0.1) is 5.92 Å². The van der Waals surface area contributed by atoms with E-state index in [-0.39, 0.29) is 11.8 Å². The van der Waals surface area contributed by atoms with Crippen molar-refractivity contribution in [1.82, 2.24) is 9.88 Å². The van der Waals surface area contributed by atoms with Gasteiger partial charge in [-0.1, -0.05) is 11.6 Å². The number of likely N-dealkylation sites (tertiary alicyclic amines) is 1. The van der Waals surface area contributed by atoms with Crippen LogP contribution >= 0.6 is 11.6 Å². The van der Waals surface area contributed by atoms with Crippen LogP contribution in [0.25, 0.3) is 11.1 Å². The van der Waals surface area contributed by atoms with E-state index in [9.17, 15) is 9.18 Å². The molecule has 0 aliphatic carbocycles. The number of piperidine rings is 2. The number of nitrogens with zero attached hydrogens (tertiary/aromatic N) is 3. The van der Waals surface area contributed by atoms with Gasteiger partial charge in [-0.25, -0.2) is 4.39 Å². The highest BCUT2D eigenvalue weighted by molar-refractivity contribution is 6.31. The molecule has 2 aromatic rings. The van der Waals surface area contributed by atoms with Crippen LogP contribution in [0.3, 0.4) is 0 Å². The van der Waals surface area contributed by atoms with E-state index in [0.717, 1.165) is 31.4 Å². The fourth-order valence-electron chi connectivity index (χ4n) is 3.90. The molecule has 140 valence electrons. The summed E-state index contributed by atoms with van der Waals surface area (Å²) >= 11 is 6.01. The van der Waals surface area contributed by atoms with E-state index in [1.807, 2.05) is 11.0 Å². The number of hydrogen-bond acceptors (Lipinski definition) is 4. The van der Waals surface area contributed by atoms with Crippen molar-refractivity contribution in [2.45, 2.75) is 38.3 Å². The van der Waals surface area contributed by atoms with E-state index in [4.69, 9.17) is 16.0 Å². The lowest BCUT2D eigenvalue weighted by atomic mass is 9.94. The number of hydrogen-bond donors (Lipinski definition) is 0. The Hall–Kier alpha value is -1.82. The van der Waals surface area contributed by atoms with Gasteiger partial charge >= 0.3 is 0 Å². The summed E-state index contributed by atoms with van der Waals surface area (Å²) in [5.74, 6) is 0.422. The van der Waals surface area contributed by atoms with Gasteiger partial charge in [-0.2, -0.15) is 4.98 Å². The van der Waals surface area contributed by atoms with Crippen LogP contribution in [0.15, 0.2) is 22.6 Å². The summed E-state index contributed by atoms with van der Waals surface area (Å²) in [7, 11) is 0. The van der Waals surface area contributed by atoms with Crippen molar-refractivity contribution in [3.8, 4) is 0 Å². The third-order valence-electron chi connectivity index (χ3n) is 5.37. The molecule has 2 aliphatic rings. The SMILES string of the molecule is O=C(CC1CCCN(c2nc3ccc(Cl)cc3o2)C1)N1CCC(F)CC1. The first-order valence-electron chi connectivity index (χ1n) is 9.31. The van der Waals surface area contributed by atoms with E-state index in [2.05, 4.69) is 9.88 Å². The average molecular weight is 380 g/mol. The van der Waals surface area contributed by atoms with Crippen LogP contribution in [-0.4, -0.2) is 48.1 Å². The van der Waals surface area contributed by atoms with Crippen molar-refractivity contribution in [2.24, 2.45) is 5.92 Å². The average Bonchev–Trinajstić information content (AvgIpc) is 3.05. The molecule has 0 N–H and O–H groups in total. The Morgan fingerprint density at radius 3 is 2.88 bits per heavy atom. The number of anilines is 1. The monoisotopic (exact) mass is 379 g/mol. The molecule has 7 heteroatoms. The molecule has 2 aliphatic heterocycles. The molecule has 3 heterocycles. The zero-order valence-corrected chi connectivity index (χ0v) is 15.4. The minimum Gasteiger partial charge on any atom is -0.423 e. The highest BCUT2D eigenvalue weighted by atomic mass is 35.5. The quantitative estimate of drug-likeness (QED) is 0.807. The summed E-state index contributed by atoms with van der Waals surface area (Å²) in [4.78, 5) is 21.0. The van der Waals surface area contributed by atoms with Gasteiger partial charge < -0.3 is 14.2 Å². The van der Waals surface area contributed by atoms with Crippen LogP contribution in [0.1, 0.15) is 32.1 Å².